The number of allylic oxidation sites excluding steroid dienone is 1. The Labute approximate surface area is 109 Å². The molecule has 0 radical (unpaired) electrons. The molecule has 1 aliphatic rings. The lowest BCUT2D eigenvalue weighted by molar-refractivity contribution is -0.142. The first kappa shape index (κ1) is 13.0. The van der Waals surface area contributed by atoms with E-state index in [1.54, 1.807) is 18.2 Å². The molecule has 1 aromatic rings. The second-order valence-corrected chi connectivity index (χ2v) is 3.95. The number of Topliss-reactive ketones (excluding diaryl/α,β-unsaturated/α-hetero) is 1. The number of aliphatic hydroxyl groups excluding tert-OH is 2. The summed E-state index contributed by atoms with van der Waals surface area (Å²) in [5.41, 5.74) is 0.387. The van der Waals surface area contributed by atoms with Crippen LogP contribution in [0.1, 0.15) is 5.56 Å². The fraction of sp³-hybridized carbons (Fsp3) is 0.143. The predicted octanol–water partition coefficient (Wildman–Crippen LogP) is 0.999. The molecule has 1 fully saturated rings. The first-order chi connectivity index (χ1) is 9.13. The van der Waals surface area contributed by atoms with Crippen molar-refractivity contribution in [1.29, 1.82) is 0 Å². The number of carbonyl (C=O) groups is 2. The van der Waals surface area contributed by atoms with E-state index in [1.165, 1.54) is 6.08 Å². The lowest BCUT2D eigenvalue weighted by atomic mass is 10.1. The van der Waals surface area contributed by atoms with Crippen LogP contribution in [0.4, 0.5) is 0 Å². The van der Waals surface area contributed by atoms with E-state index in [9.17, 15) is 14.7 Å². The van der Waals surface area contributed by atoms with Crippen molar-refractivity contribution < 1.29 is 24.5 Å². The third-order valence-corrected chi connectivity index (χ3v) is 2.65. The van der Waals surface area contributed by atoms with Gasteiger partial charge in [0.25, 0.3) is 0 Å². The average molecular weight is 260 g/mol. The molecular formula is C14H12O5. The summed E-state index contributed by atoms with van der Waals surface area (Å²) >= 11 is 0. The molecule has 2 rings (SSSR count). The summed E-state index contributed by atoms with van der Waals surface area (Å²) in [6.07, 6.45) is 1.61. The van der Waals surface area contributed by atoms with Crippen LogP contribution < -0.4 is 0 Å². The smallest absolute Gasteiger partial charge is 0.346 e. The molecule has 0 unspecified atom stereocenters. The van der Waals surface area contributed by atoms with E-state index in [2.05, 4.69) is 4.74 Å². The van der Waals surface area contributed by atoms with Gasteiger partial charge in [0.05, 0.1) is 6.61 Å². The van der Waals surface area contributed by atoms with E-state index in [-0.39, 0.29) is 0 Å². The molecule has 1 saturated heterocycles. The lowest BCUT2D eigenvalue weighted by Gasteiger charge is -1.99. The zero-order valence-electron chi connectivity index (χ0n) is 9.95. The van der Waals surface area contributed by atoms with Crippen molar-refractivity contribution in [2.24, 2.45) is 0 Å². The zero-order valence-corrected chi connectivity index (χ0v) is 9.95. The number of hydrogen-bond donors (Lipinski definition) is 2. The Kier molecular flexibility index (Phi) is 3.77. The van der Waals surface area contributed by atoms with Gasteiger partial charge in [-0.1, -0.05) is 36.4 Å². The maximum Gasteiger partial charge on any atom is 0.346 e. The summed E-state index contributed by atoms with van der Waals surface area (Å²) < 4.78 is 4.62. The highest BCUT2D eigenvalue weighted by atomic mass is 16.6. The molecular weight excluding hydrogens is 248 g/mol. The number of benzene rings is 1. The fourth-order valence-electron chi connectivity index (χ4n) is 1.68. The molecule has 1 atom stereocenters. The van der Waals surface area contributed by atoms with Crippen LogP contribution in [0, 0.1) is 0 Å². The molecule has 0 bridgehead atoms. The molecule has 5 heteroatoms. The summed E-state index contributed by atoms with van der Waals surface area (Å²) in [4.78, 5) is 23.0. The van der Waals surface area contributed by atoms with Crippen LogP contribution in [0.3, 0.4) is 0 Å². The summed E-state index contributed by atoms with van der Waals surface area (Å²) in [6, 6.07) is 9.10. The molecule has 5 nitrogen and oxygen atoms in total. The second-order valence-electron chi connectivity index (χ2n) is 3.95. The van der Waals surface area contributed by atoms with Crippen molar-refractivity contribution in [3.63, 3.8) is 0 Å². The number of hydrogen-bond acceptors (Lipinski definition) is 5. The Hall–Kier alpha value is -2.40. The highest BCUT2D eigenvalue weighted by Gasteiger charge is 2.40. The van der Waals surface area contributed by atoms with Crippen molar-refractivity contribution >= 4 is 17.8 Å². The third kappa shape index (κ3) is 2.71. The lowest BCUT2D eigenvalue weighted by Crippen LogP contribution is -2.20. The summed E-state index contributed by atoms with van der Waals surface area (Å²) in [5.74, 6) is -2.09. The number of aliphatic hydroxyl groups is 2. The van der Waals surface area contributed by atoms with Crippen molar-refractivity contribution in [1.82, 2.24) is 0 Å². The normalized spacial score (nSPS) is 21.8. The first-order valence-electron chi connectivity index (χ1n) is 5.66. The Morgan fingerprint density at radius 1 is 1.26 bits per heavy atom. The van der Waals surface area contributed by atoms with Crippen LogP contribution in [0.25, 0.3) is 6.08 Å². The number of cyclic esters (lactones) is 1. The predicted molar refractivity (Wildman–Crippen MR) is 67.1 cm³/mol. The minimum Gasteiger partial charge on any atom is -0.507 e. The van der Waals surface area contributed by atoms with Crippen molar-refractivity contribution in [3.8, 4) is 0 Å². The van der Waals surface area contributed by atoms with E-state index in [0.29, 0.717) is 0 Å². The number of rotatable bonds is 3. The van der Waals surface area contributed by atoms with Crippen molar-refractivity contribution in [2.45, 2.75) is 6.10 Å². The van der Waals surface area contributed by atoms with Crippen molar-refractivity contribution in [3.05, 3.63) is 53.3 Å². The Morgan fingerprint density at radius 3 is 2.53 bits per heavy atom. The van der Waals surface area contributed by atoms with Gasteiger partial charge in [0.15, 0.2) is 6.10 Å². The van der Waals surface area contributed by atoms with Gasteiger partial charge in [-0.25, -0.2) is 4.79 Å². The first-order valence-corrected chi connectivity index (χ1v) is 5.66. The van der Waals surface area contributed by atoms with Gasteiger partial charge < -0.3 is 14.9 Å². The van der Waals surface area contributed by atoms with Crippen LogP contribution in [0.15, 0.2) is 47.7 Å². The van der Waals surface area contributed by atoms with E-state index in [0.717, 1.165) is 5.56 Å². The highest BCUT2D eigenvalue weighted by molar-refractivity contribution is 6.24. The van der Waals surface area contributed by atoms with E-state index >= 15 is 0 Å². The Bertz CT molecular complexity index is 556. The molecule has 1 aromatic carbocycles. The molecule has 0 aliphatic carbocycles. The van der Waals surface area contributed by atoms with Crippen LogP contribution in [-0.4, -0.2) is 34.7 Å². The van der Waals surface area contributed by atoms with E-state index in [1.807, 2.05) is 18.2 Å². The minimum absolute atomic E-state index is 0.425. The molecule has 98 valence electrons. The largest absolute Gasteiger partial charge is 0.507 e. The monoisotopic (exact) mass is 260 g/mol. The molecule has 1 heterocycles. The van der Waals surface area contributed by atoms with Gasteiger partial charge in [0, 0.05) is 0 Å². The number of ether oxygens (including phenoxy) is 1. The van der Waals surface area contributed by atoms with Gasteiger partial charge in [-0.2, -0.15) is 0 Å². The molecule has 0 spiro atoms. The minimum atomic E-state index is -1.21. The van der Waals surface area contributed by atoms with Gasteiger partial charge in [-0.3, -0.25) is 4.79 Å². The van der Waals surface area contributed by atoms with Gasteiger partial charge >= 0.3 is 5.97 Å². The zero-order chi connectivity index (χ0) is 13.8. The summed E-state index contributed by atoms with van der Waals surface area (Å²) in [5, 5.41) is 18.6. The van der Waals surface area contributed by atoms with Crippen molar-refractivity contribution in [2.75, 3.05) is 6.61 Å². The van der Waals surface area contributed by atoms with E-state index in [4.69, 9.17) is 5.11 Å². The SMILES string of the molecule is O=C1O[C@H](CO)C(=O)C1=C(O)/C=C\c1ccccc1. The Balaban J connectivity index is 2.25. The number of esters is 1. The van der Waals surface area contributed by atoms with Crippen LogP contribution >= 0.6 is 0 Å². The number of carbonyl (C=O) groups excluding carboxylic acids is 2. The quantitative estimate of drug-likeness (QED) is 0.366. The standard InChI is InChI=1S/C14H12O5/c15-8-11-13(17)12(14(18)19-11)10(16)7-6-9-4-2-1-3-5-9/h1-7,11,15-16H,8H2/b7-6-,12-10?/t11-/m1/s1. The maximum atomic E-state index is 11.6. The maximum absolute atomic E-state index is 11.6. The third-order valence-electron chi connectivity index (χ3n) is 2.65. The molecule has 1 aliphatic heterocycles. The fourth-order valence-corrected chi connectivity index (χ4v) is 1.68. The molecule has 19 heavy (non-hydrogen) atoms. The van der Waals surface area contributed by atoms with Crippen LogP contribution in [0.2, 0.25) is 0 Å². The van der Waals surface area contributed by atoms with Gasteiger partial charge in [-0.05, 0) is 11.6 Å². The van der Waals surface area contributed by atoms with Gasteiger partial charge in [-0.15, -0.1) is 0 Å². The summed E-state index contributed by atoms with van der Waals surface area (Å²) in [6.45, 7) is -0.593. The number of ketones is 1. The van der Waals surface area contributed by atoms with Crippen LogP contribution in [-0.2, 0) is 14.3 Å². The van der Waals surface area contributed by atoms with E-state index < -0.39 is 35.8 Å². The second kappa shape index (κ2) is 5.49. The highest BCUT2D eigenvalue weighted by Crippen LogP contribution is 2.20. The molecule has 0 aromatic heterocycles. The average Bonchev–Trinajstić information content (AvgIpc) is 2.72. The summed E-state index contributed by atoms with van der Waals surface area (Å²) in [7, 11) is 0. The topological polar surface area (TPSA) is 83.8 Å². The van der Waals surface area contributed by atoms with Gasteiger partial charge in [0.1, 0.15) is 11.3 Å². The Morgan fingerprint density at radius 2 is 1.95 bits per heavy atom. The van der Waals surface area contributed by atoms with Crippen LogP contribution in [0.5, 0.6) is 0 Å². The molecule has 2 N–H and O–H groups in total. The molecule has 0 amide bonds. The molecule has 0 saturated carbocycles. The van der Waals surface area contributed by atoms with Gasteiger partial charge in [0.2, 0.25) is 5.78 Å².